The van der Waals surface area contributed by atoms with E-state index in [1.165, 1.54) is 25.8 Å². The number of nitro groups is 1. The highest BCUT2D eigenvalue weighted by atomic mass is 16.6. The summed E-state index contributed by atoms with van der Waals surface area (Å²) in [6, 6.07) is -0.757. The van der Waals surface area contributed by atoms with Gasteiger partial charge in [0.1, 0.15) is 11.7 Å². The number of anilines is 1. The second kappa shape index (κ2) is 8.27. The normalized spacial score (nSPS) is 11.9. The molecule has 0 aromatic carbocycles. The Morgan fingerprint density at radius 3 is 2.54 bits per heavy atom. The number of hydrogen-bond acceptors (Lipinski definition) is 7. The molecule has 1 heterocycles. The molecule has 0 saturated carbocycles. The highest BCUT2D eigenvalue weighted by Gasteiger charge is 2.26. The van der Waals surface area contributed by atoms with Crippen molar-refractivity contribution in [2.24, 2.45) is 13.0 Å². The summed E-state index contributed by atoms with van der Waals surface area (Å²) in [7, 11) is 2.79. The molecule has 1 aromatic rings. The Kier molecular flexibility index (Phi) is 6.69. The van der Waals surface area contributed by atoms with Gasteiger partial charge in [-0.2, -0.15) is 5.10 Å². The molecule has 1 rings (SSSR count). The van der Waals surface area contributed by atoms with Crippen molar-refractivity contribution in [3.05, 3.63) is 15.8 Å². The average Bonchev–Trinajstić information content (AvgIpc) is 2.77. The first kappa shape index (κ1) is 19.4. The number of amides is 1. The topological polar surface area (TPSA) is 128 Å². The number of hydrogen-bond donors (Lipinski definition) is 2. The molecule has 24 heavy (non-hydrogen) atoms. The van der Waals surface area contributed by atoms with Crippen molar-refractivity contribution in [3.8, 4) is 0 Å². The summed E-state index contributed by atoms with van der Waals surface area (Å²) >= 11 is 0. The van der Waals surface area contributed by atoms with Crippen LogP contribution in [0.4, 0.5) is 11.5 Å². The molecule has 0 spiro atoms. The molecule has 0 saturated heterocycles. The number of methoxy groups -OCH3 is 1. The summed E-state index contributed by atoms with van der Waals surface area (Å²) in [4.78, 5) is 34.3. The number of carbonyl (C=O) groups excluding carboxylic acids is 2. The van der Waals surface area contributed by atoms with Crippen LogP contribution in [-0.2, 0) is 21.4 Å². The average molecular weight is 341 g/mol. The van der Waals surface area contributed by atoms with E-state index in [4.69, 9.17) is 0 Å². The van der Waals surface area contributed by atoms with Crippen LogP contribution in [0.1, 0.15) is 26.0 Å². The van der Waals surface area contributed by atoms with Crippen LogP contribution in [0.5, 0.6) is 0 Å². The molecule has 0 bridgehead atoms. The van der Waals surface area contributed by atoms with E-state index in [1.807, 2.05) is 13.8 Å². The molecule has 0 fully saturated rings. The summed E-state index contributed by atoms with van der Waals surface area (Å²) in [5, 5.41) is 20.3. The highest BCUT2D eigenvalue weighted by Crippen LogP contribution is 2.26. The van der Waals surface area contributed by atoms with E-state index in [2.05, 4.69) is 20.5 Å². The lowest BCUT2D eigenvalue weighted by molar-refractivity contribution is -0.384. The van der Waals surface area contributed by atoms with E-state index in [1.54, 1.807) is 0 Å². The van der Waals surface area contributed by atoms with Crippen LogP contribution in [0.15, 0.2) is 0 Å². The number of aryl methyl sites for hydroxylation is 2. The maximum absolute atomic E-state index is 12.0. The zero-order chi connectivity index (χ0) is 18.4. The van der Waals surface area contributed by atoms with Gasteiger partial charge in [0, 0.05) is 7.05 Å². The fourth-order valence-corrected chi connectivity index (χ4v) is 2.30. The lowest BCUT2D eigenvalue weighted by Gasteiger charge is -2.18. The van der Waals surface area contributed by atoms with Crippen LogP contribution in [0.2, 0.25) is 0 Å². The van der Waals surface area contributed by atoms with Gasteiger partial charge in [0.05, 0.1) is 18.6 Å². The van der Waals surface area contributed by atoms with Crippen molar-refractivity contribution in [1.82, 2.24) is 15.1 Å². The number of aromatic nitrogens is 2. The minimum absolute atomic E-state index is 0.131. The van der Waals surface area contributed by atoms with Crippen LogP contribution >= 0.6 is 0 Å². The van der Waals surface area contributed by atoms with Gasteiger partial charge >= 0.3 is 11.7 Å². The van der Waals surface area contributed by atoms with Crippen LogP contribution < -0.4 is 10.6 Å². The predicted molar refractivity (Wildman–Crippen MR) is 86.5 cm³/mol. The van der Waals surface area contributed by atoms with Gasteiger partial charge in [-0.25, -0.2) is 9.48 Å². The van der Waals surface area contributed by atoms with Crippen molar-refractivity contribution < 1.29 is 19.2 Å². The van der Waals surface area contributed by atoms with Gasteiger partial charge in [0.2, 0.25) is 11.7 Å². The monoisotopic (exact) mass is 341 g/mol. The highest BCUT2D eigenvalue weighted by molar-refractivity contribution is 5.87. The quantitative estimate of drug-likeness (QED) is 0.405. The molecule has 134 valence electrons. The third-order valence-electron chi connectivity index (χ3n) is 3.32. The summed E-state index contributed by atoms with van der Waals surface area (Å²) in [5.41, 5.74) is 0.0645. The molecule has 1 atom stereocenters. The Balaban J connectivity index is 2.75. The zero-order valence-electron chi connectivity index (χ0n) is 14.5. The molecule has 1 amide bonds. The molecule has 0 aliphatic heterocycles. The van der Waals surface area contributed by atoms with Crippen molar-refractivity contribution in [2.45, 2.75) is 33.2 Å². The van der Waals surface area contributed by atoms with Crippen LogP contribution in [-0.4, -0.2) is 46.3 Å². The Morgan fingerprint density at radius 1 is 1.42 bits per heavy atom. The summed E-state index contributed by atoms with van der Waals surface area (Å²) in [6.07, 6.45) is 0.434. The summed E-state index contributed by atoms with van der Waals surface area (Å²) in [5.74, 6) is -0.687. The van der Waals surface area contributed by atoms with Gasteiger partial charge in [-0.05, 0) is 19.3 Å². The van der Waals surface area contributed by atoms with E-state index < -0.39 is 22.8 Å². The Hall–Kier alpha value is -2.65. The van der Waals surface area contributed by atoms with Crippen LogP contribution in [0.3, 0.4) is 0 Å². The number of esters is 1. The zero-order valence-corrected chi connectivity index (χ0v) is 14.5. The molecule has 2 N–H and O–H groups in total. The largest absolute Gasteiger partial charge is 0.467 e. The summed E-state index contributed by atoms with van der Waals surface area (Å²) < 4.78 is 5.97. The van der Waals surface area contributed by atoms with E-state index in [0.717, 1.165) is 0 Å². The Labute approximate surface area is 139 Å². The molecule has 10 heteroatoms. The second-order valence-electron chi connectivity index (χ2n) is 5.79. The number of ether oxygens (including phenoxy) is 1. The second-order valence-corrected chi connectivity index (χ2v) is 5.79. The number of nitrogens with one attached hydrogen (secondary N) is 2. The molecular weight excluding hydrogens is 318 g/mol. The minimum atomic E-state index is -0.757. The predicted octanol–water partition coefficient (Wildman–Crippen LogP) is 0.753. The molecule has 0 aliphatic carbocycles. The van der Waals surface area contributed by atoms with E-state index in [9.17, 15) is 19.7 Å². The maximum Gasteiger partial charge on any atom is 0.333 e. The fourth-order valence-electron chi connectivity index (χ4n) is 2.30. The van der Waals surface area contributed by atoms with Crippen molar-refractivity contribution >= 4 is 23.4 Å². The number of nitrogens with zero attached hydrogens (tertiary/aromatic N) is 3. The lowest BCUT2D eigenvalue weighted by Crippen LogP contribution is -2.44. The van der Waals surface area contributed by atoms with Crippen molar-refractivity contribution in [2.75, 3.05) is 19.0 Å². The first-order valence-corrected chi connectivity index (χ1v) is 7.46. The van der Waals surface area contributed by atoms with Gasteiger partial charge in [0.25, 0.3) is 0 Å². The van der Waals surface area contributed by atoms with Gasteiger partial charge in [0.15, 0.2) is 0 Å². The first-order valence-electron chi connectivity index (χ1n) is 7.46. The molecule has 10 nitrogen and oxygen atoms in total. The van der Waals surface area contributed by atoms with E-state index in [-0.39, 0.29) is 29.7 Å². The Morgan fingerprint density at radius 2 is 2.04 bits per heavy atom. The standard InChI is InChI=1S/C14H23N5O5/c1-8(2)6-10(14(21)24-5)16-11(20)7-15-13-12(19(22)23)9(3)17-18(13)4/h8,10,15H,6-7H2,1-5H3,(H,16,20)/t10-/m0/s1. The number of rotatable bonds is 8. The van der Waals surface area contributed by atoms with E-state index >= 15 is 0 Å². The number of carbonyl (C=O) groups is 2. The van der Waals surface area contributed by atoms with Gasteiger partial charge in [-0.1, -0.05) is 13.8 Å². The molecule has 0 unspecified atom stereocenters. The van der Waals surface area contributed by atoms with Crippen molar-refractivity contribution in [1.29, 1.82) is 0 Å². The third-order valence-corrected chi connectivity index (χ3v) is 3.32. The fraction of sp³-hybridized carbons (Fsp3) is 0.643. The van der Waals surface area contributed by atoms with E-state index in [0.29, 0.717) is 6.42 Å². The van der Waals surface area contributed by atoms with Crippen molar-refractivity contribution in [3.63, 3.8) is 0 Å². The SMILES string of the molecule is COC(=O)[C@H](CC(C)C)NC(=O)CNc1c([N+](=O)[O-])c(C)nn1C. The summed E-state index contributed by atoms with van der Waals surface area (Å²) in [6.45, 7) is 5.12. The minimum Gasteiger partial charge on any atom is -0.467 e. The van der Waals surface area contributed by atoms with Crippen LogP contribution in [0.25, 0.3) is 0 Å². The molecule has 1 aromatic heterocycles. The Bertz CT molecular complexity index is 625. The molecule has 0 radical (unpaired) electrons. The first-order chi connectivity index (χ1) is 11.2. The smallest absolute Gasteiger partial charge is 0.333 e. The van der Waals surface area contributed by atoms with Gasteiger partial charge in [-0.15, -0.1) is 0 Å². The molecule has 0 aliphatic rings. The molecular formula is C14H23N5O5. The third kappa shape index (κ3) is 4.93. The van der Waals surface area contributed by atoms with Gasteiger partial charge in [-0.3, -0.25) is 14.9 Å². The maximum atomic E-state index is 12.0. The lowest BCUT2D eigenvalue weighted by atomic mass is 10.0. The van der Waals surface area contributed by atoms with Gasteiger partial charge < -0.3 is 15.4 Å². The van der Waals surface area contributed by atoms with Crippen LogP contribution in [0, 0.1) is 23.0 Å².